The topological polar surface area (TPSA) is 32.3 Å². The fraction of sp³-hybridized carbons (Fsp3) is 0.474. The first-order chi connectivity index (χ1) is 11.2. The second-order valence-corrected chi connectivity index (χ2v) is 6.47. The van der Waals surface area contributed by atoms with Crippen LogP contribution in [0, 0.1) is 12.8 Å². The number of aromatic nitrogens is 2. The Morgan fingerprint density at radius 2 is 2.00 bits per heavy atom. The van der Waals surface area contributed by atoms with Crippen LogP contribution in [0.4, 0.5) is 17.5 Å². The van der Waals surface area contributed by atoms with Crippen LogP contribution in [0.25, 0.3) is 0 Å². The zero-order valence-electron chi connectivity index (χ0n) is 14.4. The van der Waals surface area contributed by atoms with Crippen LogP contribution in [0.3, 0.4) is 0 Å². The average molecular weight is 310 g/mol. The van der Waals surface area contributed by atoms with E-state index in [1.807, 2.05) is 12.3 Å². The molecule has 0 saturated carbocycles. The molecule has 1 aliphatic heterocycles. The Bertz CT molecular complexity index is 647. The molecule has 0 N–H and O–H groups in total. The van der Waals surface area contributed by atoms with E-state index in [0.29, 0.717) is 0 Å². The van der Waals surface area contributed by atoms with E-state index < -0.39 is 0 Å². The largest absolute Gasteiger partial charge is 0.356 e. The van der Waals surface area contributed by atoms with Crippen molar-refractivity contribution >= 4 is 17.5 Å². The lowest BCUT2D eigenvalue weighted by Gasteiger charge is -2.31. The summed E-state index contributed by atoms with van der Waals surface area (Å²) in [4.78, 5) is 13.9. The quantitative estimate of drug-likeness (QED) is 0.848. The van der Waals surface area contributed by atoms with Gasteiger partial charge in [0.15, 0.2) is 0 Å². The number of nitrogens with zero attached hydrogens (tertiary/aromatic N) is 4. The third kappa shape index (κ3) is 3.63. The Morgan fingerprint density at radius 1 is 1.22 bits per heavy atom. The minimum atomic E-state index is 0.786. The number of hydrogen-bond acceptors (Lipinski definition) is 4. The van der Waals surface area contributed by atoms with Crippen molar-refractivity contribution in [3.05, 3.63) is 42.1 Å². The third-order valence-corrected chi connectivity index (χ3v) is 4.61. The maximum absolute atomic E-state index is 4.84. The Morgan fingerprint density at radius 3 is 2.70 bits per heavy atom. The molecule has 0 atom stereocenters. The maximum Gasteiger partial charge on any atom is 0.231 e. The van der Waals surface area contributed by atoms with Crippen molar-refractivity contribution in [2.24, 2.45) is 5.92 Å². The van der Waals surface area contributed by atoms with Gasteiger partial charge in [-0.05, 0) is 56.4 Å². The van der Waals surface area contributed by atoms with Crippen LogP contribution in [0.15, 0.2) is 36.5 Å². The fourth-order valence-corrected chi connectivity index (χ4v) is 3.12. The summed E-state index contributed by atoms with van der Waals surface area (Å²) in [5, 5.41) is 0. The van der Waals surface area contributed by atoms with Gasteiger partial charge in [-0.3, -0.25) is 0 Å². The Balaban J connectivity index is 1.85. The molecular formula is C19H26N4. The zero-order chi connectivity index (χ0) is 16.2. The van der Waals surface area contributed by atoms with Crippen molar-refractivity contribution in [3.63, 3.8) is 0 Å². The highest BCUT2D eigenvalue weighted by atomic mass is 15.3. The normalized spacial score (nSPS) is 15.7. The van der Waals surface area contributed by atoms with Gasteiger partial charge in [0.1, 0.15) is 5.82 Å². The number of anilines is 3. The molecule has 2 aromatic rings. The SMILES string of the molecule is CCN(c1cccc(C)c1)c1nccc(N2CCC(C)CC2)n1. The van der Waals surface area contributed by atoms with Crippen LogP contribution in [-0.2, 0) is 0 Å². The molecule has 3 rings (SSSR count). The van der Waals surface area contributed by atoms with Crippen LogP contribution < -0.4 is 9.80 Å². The number of hydrogen-bond donors (Lipinski definition) is 0. The summed E-state index contributed by atoms with van der Waals surface area (Å²) in [6, 6.07) is 10.5. The summed E-state index contributed by atoms with van der Waals surface area (Å²) >= 11 is 0. The Kier molecular flexibility index (Phi) is 4.79. The van der Waals surface area contributed by atoms with E-state index in [1.165, 1.54) is 18.4 Å². The lowest BCUT2D eigenvalue weighted by Crippen LogP contribution is -2.33. The van der Waals surface area contributed by atoms with Gasteiger partial charge in [0.25, 0.3) is 0 Å². The first-order valence-electron chi connectivity index (χ1n) is 8.59. The van der Waals surface area contributed by atoms with Gasteiger partial charge in [0.05, 0.1) is 0 Å². The van der Waals surface area contributed by atoms with Gasteiger partial charge >= 0.3 is 0 Å². The lowest BCUT2D eigenvalue weighted by molar-refractivity contribution is 0.436. The highest BCUT2D eigenvalue weighted by Crippen LogP contribution is 2.26. The highest BCUT2D eigenvalue weighted by molar-refractivity contribution is 5.59. The fourth-order valence-electron chi connectivity index (χ4n) is 3.12. The molecule has 4 nitrogen and oxygen atoms in total. The third-order valence-electron chi connectivity index (χ3n) is 4.61. The first kappa shape index (κ1) is 15.8. The summed E-state index contributed by atoms with van der Waals surface area (Å²) in [6.45, 7) is 9.62. The average Bonchev–Trinajstić information content (AvgIpc) is 2.57. The van der Waals surface area contributed by atoms with E-state index >= 15 is 0 Å². The number of aryl methyl sites for hydroxylation is 1. The van der Waals surface area contributed by atoms with Crippen molar-refractivity contribution in [1.82, 2.24) is 9.97 Å². The first-order valence-corrected chi connectivity index (χ1v) is 8.59. The number of piperidine rings is 1. The van der Waals surface area contributed by atoms with E-state index in [9.17, 15) is 0 Å². The minimum Gasteiger partial charge on any atom is -0.356 e. The van der Waals surface area contributed by atoms with Crippen molar-refractivity contribution in [2.45, 2.75) is 33.6 Å². The molecule has 1 fully saturated rings. The van der Waals surface area contributed by atoms with Gasteiger partial charge in [0.2, 0.25) is 5.95 Å². The molecule has 1 saturated heterocycles. The second kappa shape index (κ2) is 6.99. The number of rotatable bonds is 4. The van der Waals surface area contributed by atoms with E-state index in [2.05, 4.69) is 59.8 Å². The van der Waals surface area contributed by atoms with E-state index in [0.717, 1.165) is 43.0 Å². The summed E-state index contributed by atoms with van der Waals surface area (Å²) in [7, 11) is 0. The van der Waals surface area contributed by atoms with Crippen LogP contribution in [0.1, 0.15) is 32.3 Å². The van der Waals surface area contributed by atoms with E-state index in [4.69, 9.17) is 4.98 Å². The van der Waals surface area contributed by atoms with Gasteiger partial charge in [-0.2, -0.15) is 4.98 Å². The minimum absolute atomic E-state index is 0.786. The summed E-state index contributed by atoms with van der Waals surface area (Å²) in [5.74, 6) is 2.66. The standard InChI is InChI=1S/C19H26N4/c1-4-23(17-7-5-6-16(3)14-17)19-20-11-8-18(21-19)22-12-9-15(2)10-13-22/h5-8,11,14-15H,4,9-10,12-13H2,1-3H3. The maximum atomic E-state index is 4.84. The highest BCUT2D eigenvalue weighted by Gasteiger charge is 2.18. The van der Waals surface area contributed by atoms with Crippen LogP contribution in [0.2, 0.25) is 0 Å². The molecular weight excluding hydrogens is 284 g/mol. The van der Waals surface area contributed by atoms with Crippen LogP contribution in [-0.4, -0.2) is 29.6 Å². The van der Waals surface area contributed by atoms with Crippen molar-refractivity contribution in [3.8, 4) is 0 Å². The predicted octanol–water partition coefficient (Wildman–Crippen LogP) is 4.18. The molecule has 1 aliphatic rings. The summed E-state index contributed by atoms with van der Waals surface area (Å²) in [5.41, 5.74) is 2.40. The van der Waals surface area contributed by atoms with Crippen molar-refractivity contribution < 1.29 is 0 Å². The van der Waals surface area contributed by atoms with Crippen molar-refractivity contribution in [1.29, 1.82) is 0 Å². The van der Waals surface area contributed by atoms with Gasteiger partial charge in [-0.1, -0.05) is 19.1 Å². The molecule has 1 aromatic carbocycles. The van der Waals surface area contributed by atoms with Crippen LogP contribution >= 0.6 is 0 Å². The van der Waals surface area contributed by atoms with Crippen molar-refractivity contribution in [2.75, 3.05) is 29.4 Å². The van der Waals surface area contributed by atoms with Gasteiger partial charge < -0.3 is 9.80 Å². The Hall–Kier alpha value is -2.10. The molecule has 122 valence electrons. The molecule has 0 spiro atoms. The molecule has 0 amide bonds. The lowest BCUT2D eigenvalue weighted by atomic mass is 9.99. The Labute approximate surface area is 139 Å². The molecule has 1 aromatic heterocycles. The van der Waals surface area contributed by atoms with E-state index in [-0.39, 0.29) is 0 Å². The van der Waals surface area contributed by atoms with Gasteiger partial charge in [0, 0.05) is 31.5 Å². The summed E-state index contributed by atoms with van der Waals surface area (Å²) in [6.07, 6.45) is 4.37. The van der Waals surface area contributed by atoms with Crippen LogP contribution in [0.5, 0.6) is 0 Å². The molecule has 0 unspecified atom stereocenters. The molecule has 0 aliphatic carbocycles. The molecule has 0 bridgehead atoms. The van der Waals surface area contributed by atoms with E-state index in [1.54, 1.807) is 0 Å². The summed E-state index contributed by atoms with van der Waals surface area (Å²) < 4.78 is 0. The molecule has 4 heteroatoms. The predicted molar refractivity (Wildman–Crippen MR) is 96.5 cm³/mol. The number of benzene rings is 1. The second-order valence-electron chi connectivity index (χ2n) is 6.47. The molecule has 23 heavy (non-hydrogen) atoms. The smallest absolute Gasteiger partial charge is 0.231 e. The van der Waals surface area contributed by atoms with Gasteiger partial charge in [-0.25, -0.2) is 4.98 Å². The molecule has 2 heterocycles. The molecule has 0 radical (unpaired) electrons. The van der Waals surface area contributed by atoms with Gasteiger partial charge in [-0.15, -0.1) is 0 Å². The zero-order valence-corrected chi connectivity index (χ0v) is 14.4. The monoisotopic (exact) mass is 310 g/mol.